The number of hydrogen-bond donors (Lipinski definition) is 2. The van der Waals surface area contributed by atoms with Crippen LogP contribution < -0.4 is 5.32 Å². The molecule has 0 radical (unpaired) electrons. The van der Waals surface area contributed by atoms with Gasteiger partial charge < -0.3 is 15.0 Å². The number of anilines is 1. The highest BCUT2D eigenvalue weighted by Gasteiger charge is 2.16. The molecule has 0 unspecified atom stereocenters. The van der Waals surface area contributed by atoms with Crippen LogP contribution >= 0.6 is 0 Å². The highest BCUT2D eigenvalue weighted by molar-refractivity contribution is 5.85. The summed E-state index contributed by atoms with van der Waals surface area (Å²) in [7, 11) is 1.71. The van der Waals surface area contributed by atoms with Gasteiger partial charge in [-0.15, -0.1) is 0 Å². The second-order valence-electron chi connectivity index (χ2n) is 8.30. The standard InChI is InChI=1S/C21H28N4.C4H10O/c1-7-15-10-18-19(14(6)11-22-18)25-20(15)16-8-9-17(12(2)3)24-21(16)23-13(4)5;1-3-4-5-2/h8-13,22H,7H2,1-6H3,(H,23,24);3-4H2,1-2H3. The summed E-state index contributed by atoms with van der Waals surface area (Å²) in [6.45, 7) is 15.9. The predicted molar refractivity (Wildman–Crippen MR) is 128 cm³/mol. The molecule has 0 fully saturated rings. The van der Waals surface area contributed by atoms with Gasteiger partial charge in [-0.2, -0.15) is 0 Å². The monoisotopic (exact) mass is 410 g/mol. The summed E-state index contributed by atoms with van der Waals surface area (Å²) in [5, 5.41) is 3.52. The van der Waals surface area contributed by atoms with E-state index in [9.17, 15) is 0 Å². The average molecular weight is 411 g/mol. The Morgan fingerprint density at radius 2 is 1.83 bits per heavy atom. The third-order valence-electron chi connectivity index (χ3n) is 4.90. The molecule has 0 aromatic carbocycles. The SMILES string of the molecule is CCCOC.CCc1cc2[nH]cc(C)c2nc1-c1ccc(C(C)C)nc1NC(C)C. The first-order valence-electron chi connectivity index (χ1n) is 11.1. The minimum atomic E-state index is 0.316. The highest BCUT2D eigenvalue weighted by Crippen LogP contribution is 2.32. The first-order valence-corrected chi connectivity index (χ1v) is 11.1. The summed E-state index contributed by atoms with van der Waals surface area (Å²) < 4.78 is 4.69. The summed E-state index contributed by atoms with van der Waals surface area (Å²) in [6.07, 6.45) is 4.08. The molecule has 0 amide bonds. The first kappa shape index (κ1) is 23.9. The van der Waals surface area contributed by atoms with Gasteiger partial charge in [0.05, 0.1) is 16.7 Å². The third kappa shape index (κ3) is 5.82. The number of hydrogen-bond acceptors (Lipinski definition) is 4. The molecule has 3 aromatic rings. The van der Waals surface area contributed by atoms with Crippen LogP contribution in [0.2, 0.25) is 0 Å². The Labute approximate surface area is 181 Å². The van der Waals surface area contributed by atoms with Crippen molar-refractivity contribution in [2.24, 2.45) is 0 Å². The van der Waals surface area contributed by atoms with Crippen molar-refractivity contribution < 1.29 is 4.74 Å². The van der Waals surface area contributed by atoms with E-state index in [0.29, 0.717) is 12.0 Å². The third-order valence-corrected chi connectivity index (χ3v) is 4.90. The van der Waals surface area contributed by atoms with Crippen molar-refractivity contribution in [3.05, 3.63) is 41.2 Å². The van der Waals surface area contributed by atoms with Crippen molar-refractivity contribution in [3.8, 4) is 11.3 Å². The summed E-state index contributed by atoms with van der Waals surface area (Å²) in [5.41, 5.74) is 7.76. The number of rotatable bonds is 7. The summed E-state index contributed by atoms with van der Waals surface area (Å²) >= 11 is 0. The van der Waals surface area contributed by atoms with Crippen LogP contribution in [0.4, 0.5) is 5.82 Å². The van der Waals surface area contributed by atoms with Gasteiger partial charge >= 0.3 is 0 Å². The number of fused-ring (bicyclic) bond motifs is 1. The lowest BCUT2D eigenvalue weighted by Crippen LogP contribution is -2.13. The van der Waals surface area contributed by atoms with E-state index in [2.05, 4.69) is 77.0 Å². The number of aromatic amines is 1. The fourth-order valence-corrected chi connectivity index (χ4v) is 3.30. The van der Waals surface area contributed by atoms with Gasteiger partial charge in [-0.05, 0) is 68.9 Å². The zero-order valence-corrected chi connectivity index (χ0v) is 19.9. The maximum Gasteiger partial charge on any atom is 0.135 e. The number of aryl methyl sites for hydroxylation is 2. The molecule has 3 heterocycles. The molecule has 3 rings (SSSR count). The first-order chi connectivity index (χ1) is 14.3. The van der Waals surface area contributed by atoms with Crippen LogP contribution in [0.3, 0.4) is 0 Å². The fraction of sp³-hybridized carbons (Fsp3) is 0.520. The van der Waals surface area contributed by atoms with Gasteiger partial charge in [0, 0.05) is 37.2 Å². The Morgan fingerprint density at radius 1 is 1.10 bits per heavy atom. The lowest BCUT2D eigenvalue weighted by Gasteiger charge is -2.18. The molecule has 0 saturated carbocycles. The van der Waals surface area contributed by atoms with Crippen LogP contribution in [-0.4, -0.2) is 34.7 Å². The van der Waals surface area contributed by atoms with Crippen molar-refractivity contribution in [2.45, 2.75) is 73.3 Å². The summed E-state index contributed by atoms with van der Waals surface area (Å²) in [6, 6.07) is 6.83. The molecule has 0 aliphatic rings. The van der Waals surface area contributed by atoms with Gasteiger partial charge in [0.15, 0.2) is 0 Å². The number of aromatic nitrogens is 3. The topological polar surface area (TPSA) is 62.8 Å². The maximum absolute atomic E-state index is 5.01. The molecule has 0 spiro atoms. The Kier molecular flexibility index (Phi) is 8.85. The van der Waals surface area contributed by atoms with E-state index in [1.165, 1.54) is 11.1 Å². The van der Waals surface area contributed by atoms with Gasteiger partial charge in [0.2, 0.25) is 0 Å². The number of ether oxygens (including phenoxy) is 1. The van der Waals surface area contributed by atoms with E-state index in [1.807, 2.05) is 6.20 Å². The van der Waals surface area contributed by atoms with E-state index < -0.39 is 0 Å². The predicted octanol–water partition coefficient (Wildman–Crippen LogP) is 6.48. The molecule has 3 aromatic heterocycles. The second kappa shape index (κ2) is 11.1. The van der Waals surface area contributed by atoms with Crippen molar-refractivity contribution in [2.75, 3.05) is 19.0 Å². The van der Waals surface area contributed by atoms with Crippen LogP contribution in [0.25, 0.3) is 22.3 Å². The Balaban J connectivity index is 0.000000575. The number of pyridine rings is 2. The smallest absolute Gasteiger partial charge is 0.135 e. The molecular formula is C25H38N4O. The molecule has 0 bridgehead atoms. The van der Waals surface area contributed by atoms with E-state index in [4.69, 9.17) is 14.7 Å². The van der Waals surface area contributed by atoms with Crippen LogP contribution in [0, 0.1) is 6.92 Å². The summed E-state index contributed by atoms with van der Waals surface area (Å²) in [4.78, 5) is 13.2. The van der Waals surface area contributed by atoms with E-state index in [0.717, 1.165) is 53.3 Å². The molecule has 5 nitrogen and oxygen atoms in total. The van der Waals surface area contributed by atoms with E-state index in [-0.39, 0.29) is 0 Å². The van der Waals surface area contributed by atoms with Crippen LogP contribution in [0.15, 0.2) is 24.4 Å². The zero-order valence-electron chi connectivity index (χ0n) is 19.9. The summed E-state index contributed by atoms with van der Waals surface area (Å²) in [5.74, 6) is 1.32. The largest absolute Gasteiger partial charge is 0.385 e. The van der Waals surface area contributed by atoms with Gasteiger partial charge in [-0.25, -0.2) is 9.97 Å². The van der Waals surface area contributed by atoms with Crippen LogP contribution in [0.5, 0.6) is 0 Å². The van der Waals surface area contributed by atoms with Crippen molar-refractivity contribution >= 4 is 16.9 Å². The lowest BCUT2D eigenvalue weighted by molar-refractivity contribution is 0.199. The molecule has 0 saturated heterocycles. The molecule has 30 heavy (non-hydrogen) atoms. The second-order valence-corrected chi connectivity index (χ2v) is 8.30. The molecule has 0 atom stereocenters. The number of methoxy groups -OCH3 is 1. The van der Waals surface area contributed by atoms with Crippen molar-refractivity contribution in [1.82, 2.24) is 15.0 Å². The van der Waals surface area contributed by atoms with Gasteiger partial charge in [0.1, 0.15) is 5.82 Å². The van der Waals surface area contributed by atoms with E-state index in [1.54, 1.807) is 7.11 Å². The van der Waals surface area contributed by atoms with Gasteiger partial charge in [0.25, 0.3) is 0 Å². The number of nitrogens with one attached hydrogen (secondary N) is 2. The molecule has 2 N–H and O–H groups in total. The zero-order chi connectivity index (χ0) is 22.3. The number of nitrogens with zero attached hydrogens (tertiary/aromatic N) is 2. The van der Waals surface area contributed by atoms with Crippen LogP contribution in [-0.2, 0) is 11.2 Å². The molecule has 5 heteroatoms. The molecule has 0 aliphatic carbocycles. The number of H-pyrrole nitrogens is 1. The lowest BCUT2D eigenvalue weighted by atomic mass is 10.0. The Bertz CT molecular complexity index is 942. The van der Waals surface area contributed by atoms with Crippen molar-refractivity contribution in [1.29, 1.82) is 0 Å². The Morgan fingerprint density at radius 3 is 2.37 bits per heavy atom. The highest BCUT2D eigenvalue weighted by atomic mass is 16.5. The molecular weight excluding hydrogens is 372 g/mol. The molecule has 0 aliphatic heterocycles. The fourth-order valence-electron chi connectivity index (χ4n) is 3.30. The van der Waals surface area contributed by atoms with E-state index >= 15 is 0 Å². The minimum Gasteiger partial charge on any atom is -0.385 e. The van der Waals surface area contributed by atoms with Gasteiger partial charge in [-0.3, -0.25) is 0 Å². The quantitative estimate of drug-likeness (QED) is 0.468. The minimum absolute atomic E-state index is 0.316. The maximum atomic E-state index is 5.01. The van der Waals surface area contributed by atoms with Crippen LogP contribution in [0.1, 0.15) is 70.7 Å². The van der Waals surface area contributed by atoms with Gasteiger partial charge in [-0.1, -0.05) is 27.7 Å². The Hall–Kier alpha value is -2.40. The molecule has 164 valence electrons. The average Bonchev–Trinajstić information content (AvgIpc) is 3.07. The van der Waals surface area contributed by atoms with Crippen molar-refractivity contribution in [3.63, 3.8) is 0 Å². The normalized spacial score (nSPS) is 11.1.